The second-order valence-electron chi connectivity index (χ2n) is 6.72. The number of fused-ring (bicyclic) bond motifs is 1. The first-order valence-corrected chi connectivity index (χ1v) is 9.26. The highest BCUT2D eigenvalue weighted by Gasteiger charge is 2.31. The van der Waals surface area contributed by atoms with E-state index < -0.39 is 12.4 Å². The van der Waals surface area contributed by atoms with Crippen LogP contribution in [0.15, 0.2) is 73.1 Å². The number of aryl methyl sites for hydroxylation is 1. The molecule has 0 saturated heterocycles. The van der Waals surface area contributed by atoms with Gasteiger partial charge in [-0.25, -0.2) is 9.78 Å². The molecule has 0 saturated carbocycles. The van der Waals surface area contributed by atoms with E-state index in [4.69, 9.17) is 0 Å². The maximum absolute atomic E-state index is 12.5. The Morgan fingerprint density at radius 1 is 1.00 bits per heavy atom. The third-order valence-electron chi connectivity index (χ3n) is 4.56. The van der Waals surface area contributed by atoms with Gasteiger partial charge in [0, 0.05) is 23.5 Å². The van der Waals surface area contributed by atoms with Crippen molar-refractivity contribution in [3.8, 4) is 11.6 Å². The van der Waals surface area contributed by atoms with Crippen molar-refractivity contribution in [2.24, 2.45) is 0 Å². The van der Waals surface area contributed by atoms with Crippen LogP contribution in [0.2, 0.25) is 0 Å². The highest BCUT2D eigenvalue weighted by Crippen LogP contribution is 2.27. The molecule has 158 valence electrons. The predicted molar refractivity (Wildman–Crippen MR) is 112 cm³/mol. The van der Waals surface area contributed by atoms with Gasteiger partial charge in [0.05, 0.1) is 11.2 Å². The second-order valence-corrected chi connectivity index (χ2v) is 6.72. The fourth-order valence-corrected chi connectivity index (χ4v) is 3.22. The van der Waals surface area contributed by atoms with Crippen LogP contribution >= 0.6 is 0 Å². The van der Waals surface area contributed by atoms with Crippen molar-refractivity contribution in [3.05, 3.63) is 78.6 Å². The lowest BCUT2D eigenvalue weighted by Gasteiger charge is -2.13. The summed E-state index contributed by atoms with van der Waals surface area (Å²) in [7, 11) is 0. The van der Waals surface area contributed by atoms with Gasteiger partial charge in [0.15, 0.2) is 5.82 Å². The first-order chi connectivity index (χ1) is 14.8. The van der Waals surface area contributed by atoms with Crippen molar-refractivity contribution in [2.45, 2.75) is 13.3 Å². The van der Waals surface area contributed by atoms with Gasteiger partial charge < -0.3 is 15.4 Å². The molecular weight excluding hydrogens is 409 g/mol. The number of ether oxygens (including phenoxy) is 1. The lowest BCUT2D eigenvalue weighted by molar-refractivity contribution is -0.274. The average Bonchev–Trinajstić information content (AvgIpc) is 3.14. The molecule has 2 N–H and O–H groups in total. The molecule has 0 aliphatic rings. The molecule has 0 unspecified atom stereocenters. The number of nitrogens with zero attached hydrogens (tertiary/aromatic N) is 2. The van der Waals surface area contributed by atoms with Gasteiger partial charge in [0.1, 0.15) is 5.75 Å². The molecule has 0 spiro atoms. The Morgan fingerprint density at radius 2 is 1.77 bits per heavy atom. The molecule has 0 aliphatic carbocycles. The Morgan fingerprint density at radius 3 is 2.52 bits per heavy atom. The summed E-state index contributed by atoms with van der Waals surface area (Å²) in [5.74, 6) is 0.162. The number of nitrogens with one attached hydrogen (secondary N) is 2. The summed E-state index contributed by atoms with van der Waals surface area (Å²) < 4.78 is 42.5. The van der Waals surface area contributed by atoms with Gasteiger partial charge >= 0.3 is 12.4 Å². The van der Waals surface area contributed by atoms with Gasteiger partial charge in [-0.05, 0) is 61.0 Å². The normalized spacial score (nSPS) is 11.4. The van der Waals surface area contributed by atoms with Crippen LogP contribution in [0.1, 0.15) is 5.56 Å². The van der Waals surface area contributed by atoms with Crippen molar-refractivity contribution >= 4 is 28.3 Å². The summed E-state index contributed by atoms with van der Waals surface area (Å²) in [6.07, 6.45) is -1.27. The Bertz CT molecular complexity index is 1230. The van der Waals surface area contributed by atoms with E-state index in [-0.39, 0.29) is 5.75 Å². The van der Waals surface area contributed by atoms with Crippen LogP contribution < -0.4 is 15.4 Å². The Labute approximate surface area is 175 Å². The van der Waals surface area contributed by atoms with E-state index in [9.17, 15) is 18.0 Å². The molecule has 0 fully saturated rings. The fourth-order valence-electron chi connectivity index (χ4n) is 3.22. The number of urea groups is 1. The van der Waals surface area contributed by atoms with Crippen LogP contribution in [0.5, 0.6) is 5.75 Å². The number of halogens is 3. The quantitative estimate of drug-likeness (QED) is 0.428. The van der Waals surface area contributed by atoms with Gasteiger partial charge in [-0.1, -0.05) is 12.1 Å². The fraction of sp³-hybridized carbons (Fsp3) is 0.0909. The summed E-state index contributed by atoms with van der Waals surface area (Å²) in [5, 5.41) is 6.38. The standard InChI is InChI=1S/C22H17F3N4O2/c1-14-4-2-6-19-17(14)11-13-29(19)20-18(5-3-12-26-20)28-21(30)27-15-7-9-16(10-8-15)31-22(23,24)25/h2-13H,1H3,(H2,27,28,30). The maximum atomic E-state index is 12.5. The number of anilines is 2. The van der Waals surface area contributed by atoms with E-state index in [0.29, 0.717) is 17.2 Å². The molecule has 2 aromatic carbocycles. The largest absolute Gasteiger partial charge is 0.573 e. The summed E-state index contributed by atoms with van der Waals surface area (Å²) >= 11 is 0. The van der Waals surface area contributed by atoms with Gasteiger partial charge in [0.25, 0.3) is 0 Å². The number of carbonyl (C=O) groups is 1. The van der Waals surface area contributed by atoms with Crippen molar-refractivity contribution in [3.63, 3.8) is 0 Å². The molecule has 6 nitrogen and oxygen atoms in total. The molecule has 9 heteroatoms. The van der Waals surface area contributed by atoms with E-state index >= 15 is 0 Å². The second kappa shape index (κ2) is 8.02. The molecule has 0 bridgehead atoms. The van der Waals surface area contributed by atoms with Crippen LogP contribution in [0, 0.1) is 6.92 Å². The minimum absolute atomic E-state index is 0.305. The lowest BCUT2D eigenvalue weighted by atomic mass is 10.1. The van der Waals surface area contributed by atoms with Crippen LogP contribution in [0.4, 0.5) is 29.3 Å². The zero-order valence-corrected chi connectivity index (χ0v) is 16.3. The van der Waals surface area contributed by atoms with E-state index in [1.54, 1.807) is 18.3 Å². The smallest absolute Gasteiger partial charge is 0.406 e. The topological polar surface area (TPSA) is 68.2 Å². The average molecular weight is 426 g/mol. The highest BCUT2D eigenvalue weighted by atomic mass is 19.4. The van der Waals surface area contributed by atoms with Gasteiger partial charge in [0.2, 0.25) is 0 Å². The number of rotatable bonds is 4. The van der Waals surface area contributed by atoms with Gasteiger partial charge in [-0.15, -0.1) is 13.2 Å². The monoisotopic (exact) mass is 426 g/mol. The Kier molecular flexibility index (Phi) is 5.24. The first kappa shape index (κ1) is 20.3. The van der Waals surface area contributed by atoms with E-state index in [1.807, 2.05) is 42.0 Å². The highest BCUT2D eigenvalue weighted by molar-refractivity contribution is 6.01. The molecule has 0 aliphatic heterocycles. The maximum Gasteiger partial charge on any atom is 0.573 e. The van der Waals surface area contributed by atoms with E-state index in [2.05, 4.69) is 20.4 Å². The molecule has 4 rings (SSSR count). The molecular formula is C22H17F3N4O2. The minimum Gasteiger partial charge on any atom is -0.406 e. The predicted octanol–water partition coefficient (Wildman–Crippen LogP) is 5.88. The lowest BCUT2D eigenvalue weighted by Crippen LogP contribution is -2.21. The summed E-state index contributed by atoms with van der Waals surface area (Å²) in [4.78, 5) is 16.9. The Hall–Kier alpha value is -4.01. The minimum atomic E-state index is -4.77. The van der Waals surface area contributed by atoms with Gasteiger partial charge in [-0.3, -0.25) is 4.57 Å². The number of aromatic nitrogens is 2. The number of carbonyl (C=O) groups excluding carboxylic acids is 1. The molecule has 0 atom stereocenters. The number of amides is 2. The van der Waals surface area contributed by atoms with Crippen molar-refractivity contribution < 1.29 is 22.7 Å². The van der Waals surface area contributed by atoms with Gasteiger partial charge in [-0.2, -0.15) is 0 Å². The molecule has 0 radical (unpaired) electrons. The number of benzene rings is 2. The summed E-state index contributed by atoms with van der Waals surface area (Å²) in [6, 6.07) is 15.6. The molecule has 2 amide bonds. The van der Waals surface area contributed by atoms with E-state index in [1.165, 1.54) is 12.1 Å². The van der Waals surface area contributed by atoms with Crippen LogP contribution in [0.3, 0.4) is 0 Å². The third kappa shape index (κ3) is 4.61. The number of hydrogen-bond donors (Lipinski definition) is 2. The van der Waals surface area contributed by atoms with E-state index in [0.717, 1.165) is 28.6 Å². The number of hydrogen-bond acceptors (Lipinski definition) is 3. The van der Waals surface area contributed by atoms with Crippen LogP contribution in [-0.4, -0.2) is 21.9 Å². The molecule has 31 heavy (non-hydrogen) atoms. The van der Waals surface area contributed by atoms with Crippen molar-refractivity contribution in [1.82, 2.24) is 9.55 Å². The van der Waals surface area contributed by atoms with Crippen LogP contribution in [0.25, 0.3) is 16.7 Å². The van der Waals surface area contributed by atoms with Crippen molar-refractivity contribution in [2.75, 3.05) is 10.6 Å². The summed E-state index contributed by atoms with van der Waals surface area (Å²) in [6.45, 7) is 2.02. The molecule has 2 heterocycles. The molecule has 4 aromatic rings. The zero-order valence-electron chi connectivity index (χ0n) is 16.3. The number of alkyl halides is 3. The number of pyridine rings is 1. The molecule has 2 aromatic heterocycles. The summed E-state index contributed by atoms with van der Waals surface area (Å²) in [5.41, 5.74) is 2.84. The Balaban J connectivity index is 1.53. The van der Waals surface area contributed by atoms with Crippen molar-refractivity contribution in [1.29, 1.82) is 0 Å². The zero-order chi connectivity index (χ0) is 22.0. The first-order valence-electron chi connectivity index (χ1n) is 9.26. The SMILES string of the molecule is Cc1cccc2c1ccn2-c1ncccc1NC(=O)Nc1ccc(OC(F)(F)F)cc1. The van der Waals surface area contributed by atoms with Crippen LogP contribution in [-0.2, 0) is 0 Å². The third-order valence-corrected chi connectivity index (χ3v) is 4.56.